The highest BCUT2D eigenvalue weighted by atomic mass is 16.5. The molecule has 0 bridgehead atoms. The minimum Gasteiger partial charge on any atom is -0.466 e. The van der Waals surface area contributed by atoms with E-state index in [1.54, 1.807) is 18.7 Å². The second kappa shape index (κ2) is 15.0. The van der Waals surface area contributed by atoms with E-state index in [1.807, 2.05) is 44.2 Å². The van der Waals surface area contributed by atoms with Crippen LogP contribution in [0.15, 0.2) is 40.9 Å². The Kier molecular flexibility index (Phi) is 11.1. The molecule has 1 aromatic carbocycles. The van der Waals surface area contributed by atoms with Gasteiger partial charge in [0.25, 0.3) is 5.91 Å². The van der Waals surface area contributed by atoms with Crippen LogP contribution in [-0.2, 0) is 23.9 Å². The maximum Gasteiger partial charge on any atom is 0.305 e. The lowest BCUT2D eigenvalue weighted by atomic mass is 9.94. The van der Waals surface area contributed by atoms with Crippen molar-refractivity contribution in [3.8, 4) is 0 Å². The lowest BCUT2D eigenvalue weighted by Crippen LogP contribution is -2.56. The van der Waals surface area contributed by atoms with E-state index in [9.17, 15) is 24.0 Å². The van der Waals surface area contributed by atoms with E-state index in [-0.39, 0.29) is 60.2 Å². The van der Waals surface area contributed by atoms with Gasteiger partial charge >= 0.3 is 5.97 Å². The summed E-state index contributed by atoms with van der Waals surface area (Å²) in [5.41, 5.74) is 1.07. The number of nitrogens with one attached hydrogen (secondary N) is 3. The summed E-state index contributed by atoms with van der Waals surface area (Å²) in [6, 6.07) is 9.00. The average molecular weight is 610 g/mol. The van der Waals surface area contributed by atoms with Crippen molar-refractivity contribution in [3.05, 3.63) is 53.4 Å². The monoisotopic (exact) mass is 609 g/mol. The number of ether oxygens (including phenoxy) is 1. The first-order chi connectivity index (χ1) is 21.1. The highest BCUT2D eigenvalue weighted by Crippen LogP contribution is 2.33. The maximum absolute atomic E-state index is 14.1. The molecule has 2 aromatic rings. The molecule has 0 radical (unpaired) electrons. The molecule has 2 saturated heterocycles. The van der Waals surface area contributed by atoms with Gasteiger partial charge in [-0.05, 0) is 51.0 Å². The van der Waals surface area contributed by atoms with E-state index in [1.165, 1.54) is 6.07 Å². The van der Waals surface area contributed by atoms with Gasteiger partial charge in [-0.15, -0.1) is 0 Å². The summed E-state index contributed by atoms with van der Waals surface area (Å²) >= 11 is 0. The van der Waals surface area contributed by atoms with E-state index >= 15 is 0 Å². The smallest absolute Gasteiger partial charge is 0.305 e. The van der Waals surface area contributed by atoms with Crippen molar-refractivity contribution in [2.24, 2.45) is 11.8 Å². The van der Waals surface area contributed by atoms with Crippen LogP contribution in [0.2, 0.25) is 0 Å². The number of esters is 1. The molecule has 1 aromatic heterocycles. The Balaban J connectivity index is 1.55. The molecule has 2 fully saturated rings. The van der Waals surface area contributed by atoms with Gasteiger partial charge in [0, 0.05) is 43.5 Å². The fraction of sp³-hybridized carbons (Fsp3) is 0.562. The van der Waals surface area contributed by atoms with Gasteiger partial charge in [0.1, 0.15) is 17.8 Å². The molecule has 0 unspecified atom stereocenters. The average Bonchev–Trinajstić information content (AvgIpc) is 3.75. The highest BCUT2D eigenvalue weighted by molar-refractivity contribution is 5.97. The third kappa shape index (κ3) is 8.23. The molecule has 44 heavy (non-hydrogen) atoms. The molecule has 0 spiro atoms. The zero-order chi connectivity index (χ0) is 31.8. The molecule has 12 nitrogen and oxygen atoms in total. The van der Waals surface area contributed by atoms with Gasteiger partial charge in [0.05, 0.1) is 6.61 Å². The number of hydrogen-bond acceptors (Lipinski definition) is 8. The van der Waals surface area contributed by atoms with Crippen molar-refractivity contribution in [1.29, 1.82) is 0 Å². The van der Waals surface area contributed by atoms with Crippen LogP contribution in [0.25, 0.3) is 0 Å². The number of carbonyl (C=O) groups is 5. The first-order valence-electron chi connectivity index (χ1n) is 15.4. The van der Waals surface area contributed by atoms with Gasteiger partial charge in [-0.2, -0.15) is 0 Å². The number of hydrogen-bond donors (Lipinski definition) is 3. The number of nitrogens with zero attached hydrogens (tertiary/aromatic N) is 2. The molecule has 2 aliphatic heterocycles. The van der Waals surface area contributed by atoms with Crippen molar-refractivity contribution < 1.29 is 33.2 Å². The van der Waals surface area contributed by atoms with Crippen LogP contribution in [0, 0.1) is 18.8 Å². The summed E-state index contributed by atoms with van der Waals surface area (Å²) in [4.78, 5) is 67.1. The fourth-order valence-corrected chi connectivity index (χ4v) is 5.96. The Morgan fingerprint density at radius 2 is 1.91 bits per heavy atom. The van der Waals surface area contributed by atoms with Gasteiger partial charge in [-0.3, -0.25) is 24.0 Å². The zero-order valence-corrected chi connectivity index (χ0v) is 25.8. The molecule has 0 aliphatic carbocycles. The molecule has 5 atom stereocenters. The van der Waals surface area contributed by atoms with Crippen LogP contribution >= 0.6 is 0 Å². The third-order valence-corrected chi connectivity index (χ3v) is 8.32. The van der Waals surface area contributed by atoms with Crippen molar-refractivity contribution in [1.82, 2.24) is 26.0 Å². The van der Waals surface area contributed by atoms with Gasteiger partial charge in [-0.25, -0.2) is 0 Å². The molecular weight excluding hydrogens is 566 g/mol. The Bertz CT molecular complexity index is 1330. The van der Waals surface area contributed by atoms with E-state index < -0.39 is 24.0 Å². The fourth-order valence-electron chi connectivity index (χ4n) is 5.96. The van der Waals surface area contributed by atoms with E-state index in [0.29, 0.717) is 44.5 Å². The number of amides is 4. The van der Waals surface area contributed by atoms with Crippen LogP contribution in [-0.4, -0.2) is 77.5 Å². The number of rotatable bonds is 13. The molecule has 2 aliphatic rings. The Labute approximate surface area is 257 Å². The standard InChI is InChI=1S/C32H43N5O7/c1-5-43-27(38)12-11-24(16-22-13-14-33-29(22)39)34-31(41)26-17-23(21-9-7-6-8-10-21)18-37(26)32(42)28(19(2)3)35-30(40)25-15-20(4)44-36-25/h6-10,15,19,22-24,26,28H,5,11-14,16-18H2,1-4H3,(H,33,39)(H,34,41)(H,35,40)/t22-,23+,24+,26-,28-/m0/s1. The molecular formula is C32H43N5O7. The molecule has 4 rings (SSSR count). The SMILES string of the molecule is CCOC(=O)CC[C@H](C[C@@H]1CCNC1=O)NC(=O)[C@@H]1C[C@@H](c2ccccc2)CN1C(=O)[C@@H](NC(=O)c1cc(C)on1)C(C)C. The molecule has 3 heterocycles. The van der Waals surface area contributed by atoms with E-state index in [4.69, 9.17) is 9.26 Å². The van der Waals surface area contributed by atoms with Crippen molar-refractivity contribution in [2.45, 2.75) is 83.8 Å². The number of likely N-dealkylation sites (tertiary alicyclic amines) is 1. The van der Waals surface area contributed by atoms with Gasteiger partial charge in [0.15, 0.2) is 5.69 Å². The molecule has 238 valence electrons. The normalized spacial score (nSPS) is 21.1. The molecule has 12 heteroatoms. The summed E-state index contributed by atoms with van der Waals surface area (Å²) in [5, 5.41) is 12.5. The summed E-state index contributed by atoms with van der Waals surface area (Å²) in [7, 11) is 0. The van der Waals surface area contributed by atoms with Crippen molar-refractivity contribution in [3.63, 3.8) is 0 Å². The van der Waals surface area contributed by atoms with Crippen molar-refractivity contribution in [2.75, 3.05) is 19.7 Å². The molecule has 0 saturated carbocycles. The predicted octanol–water partition coefficient (Wildman–Crippen LogP) is 2.48. The number of carbonyl (C=O) groups excluding carboxylic acids is 5. The first-order valence-corrected chi connectivity index (χ1v) is 15.4. The Hall–Kier alpha value is -4.22. The topological polar surface area (TPSA) is 160 Å². The number of aryl methyl sites for hydroxylation is 1. The summed E-state index contributed by atoms with van der Waals surface area (Å²) in [6.07, 6.45) is 1.81. The minimum atomic E-state index is -0.911. The summed E-state index contributed by atoms with van der Waals surface area (Å²) in [5.74, 6) is -1.90. The Morgan fingerprint density at radius 1 is 1.16 bits per heavy atom. The third-order valence-electron chi connectivity index (χ3n) is 8.32. The second-order valence-electron chi connectivity index (χ2n) is 11.9. The largest absolute Gasteiger partial charge is 0.466 e. The maximum atomic E-state index is 14.1. The first kappa shape index (κ1) is 32.7. The minimum absolute atomic E-state index is 0.0687. The highest BCUT2D eigenvalue weighted by Gasteiger charge is 2.44. The van der Waals surface area contributed by atoms with Crippen molar-refractivity contribution >= 4 is 29.6 Å². The van der Waals surface area contributed by atoms with Gasteiger partial charge < -0.3 is 30.1 Å². The van der Waals surface area contributed by atoms with Crippen LogP contribution in [0.1, 0.15) is 80.6 Å². The summed E-state index contributed by atoms with van der Waals surface area (Å²) in [6.45, 7) is 8.18. The van der Waals surface area contributed by atoms with E-state index in [0.717, 1.165) is 5.56 Å². The van der Waals surface area contributed by atoms with Crippen LogP contribution in [0.5, 0.6) is 0 Å². The Morgan fingerprint density at radius 3 is 2.52 bits per heavy atom. The molecule has 3 N–H and O–H groups in total. The zero-order valence-electron chi connectivity index (χ0n) is 25.8. The lowest BCUT2D eigenvalue weighted by molar-refractivity contribution is -0.143. The van der Waals surface area contributed by atoms with Gasteiger partial charge in [-0.1, -0.05) is 49.3 Å². The second-order valence-corrected chi connectivity index (χ2v) is 11.9. The summed E-state index contributed by atoms with van der Waals surface area (Å²) < 4.78 is 10.1. The number of aromatic nitrogens is 1. The van der Waals surface area contributed by atoms with Crippen LogP contribution < -0.4 is 16.0 Å². The van der Waals surface area contributed by atoms with Crippen LogP contribution in [0.3, 0.4) is 0 Å². The quantitative estimate of drug-likeness (QED) is 0.292. The van der Waals surface area contributed by atoms with Gasteiger partial charge in [0.2, 0.25) is 17.7 Å². The lowest BCUT2D eigenvalue weighted by Gasteiger charge is -2.31. The predicted molar refractivity (Wildman–Crippen MR) is 160 cm³/mol. The number of benzene rings is 1. The molecule has 4 amide bonds. The van der Waals surface area contributed by atoms with E-state index in [2.05, 4.69) is 21.1 Å². The van der Waals surface area contributed by atoms with Crippen LogP contribution in [0.4, 0.5) is 0 Å².